The summed E-state index contributed by atoms with van der Waals surface area (Å²) in [5, 5.41) is 9.12. The molecule has 1 heterocycles. The van der Waals surface area contributed by atoms with E-state index in [2.05, 4.69) is 16.0 Å². The molecule has 3 heteroatoms. The van der Waals surface area contributed by atoms with Gasteiger partial charge in [0.2, 0.25) is 0 Å². The number of para-hydroxylation sites is 1. The van der Waals surface area contributed by atoms with E-state index in [0.717, 1.165) is 29.4 Å². The van der Waals surface area contributed by atoms with Crippen LogP contribution in [0.3, 0.4) is 0 Å². The van der Waals surface area contributed by atoms with Gasteiger partial charge in [-0.3, -0.25) is 0 Å². The van der Waals surface area contributed by atoms with Crippen molar-refractivity contribution in [3.8, 4) is 6.07 Å². The Morgan fingerprint density at radius 1 is 1.43 bits per heavy atom. The predicted octanol–water partition coefficient (Wildman–Crippen LogP) is 2.12. The standard InChI is InChI=1S/C11H9N3/c12-6-11(4-5-11)8-2-1-3-9-10(8)14-7-13-9/h1-3,7H,4-5H2,(H,13,14). The summed E-state index contributed by atoms with van der Waals surface area (Å²) < 4.78 is 0. The molecule has 1 aliphatic carbocycles. The molecule has 0 spiro atoms. The third kappa shape index (κ3) is 0.828. The van der Waals surface area contributed by atoms with Gasteiger partial charge in [-0.15, -0.1) is 0 Å². The minimum Gasteiger partial charge on any atom is -0.345 e. The Hall–Kier alpha value is -1.82. The van der Waals surface area contributed by atoms with Crippen molar-refractivity contribution < 1.29 is 0 Å². The average molecular weight is 183 g/mol. The smallest absolute Gasteiger partial charge is 0.0932 e. The minimum atomic E-state index is -0.241. The highest BCUT2D eigenvalue weighted by molar-refractivity contribution is 5.80. The summed E-state index contributed by atoms with van der Waals surface area (Å²) in [5.41, 5.74) is 2.81. The van der Waals surface area contributed by atoms with Gasteiger partial charge in [-0.25, -0.2) is 4.98 Å². The first-order valence-corrected chi connectivity index (χ1v) is 4.70. The summed E-state index contributed by atoms with van der Waals surface area (Å²) in [6, 6.07) is 8.37. The lowest BCUT2D eigenvalue weighted by Gasteiger charge is -2.05. The molecule has 1 N–H and O–H groups in total. The van der Waals surface area contributed by atoms with Crippen molar-refractivity contribution in [1.29, 1.82) is 5.26 Å². The Kier molecular flexibility index (Phi) is 1.27. The van der Waals surface area contributed by atoms with Crippen LogP contribution in [0.2, 0.25) is 0 Å². The van der Waals surface area contributed by atoms with Crippen LogP contribution in [0.5, 0.6) is 0 Å². The molecule has 1 aromatic heterocycles. The van der Waals surface area contributed by atoms with Gasteiger partial charge in [-0.05, 0) is 18.9 Å². The van der Waals surface area contributed by atoms with Crippen LogP contribution in [0.1, 0.15) is 18.4 Å². The number of hydrogen-bond acceptors (Lipinski definition) is 2. The van der Waals surface area contributed by atoms with Gasteiger partial charge in [0.05, 0.1) is 28.8 Å². The number of H-pyrrole nitrogens is 1. The molecule has 1 fully saturated rings. The molecule has 2 aromatic rings. The van der Waals surface area contributed by atoms with Crippen LogP contribution in [-0.2, 0) is 5.41 Å². The molecule has 1 aliphatic rings. The van der Waals surface area contributed by atoms with Gasteiger partial charge in [0, 0.05) is 5.56 Å². The first kappa shape index (κ1) is 7.57. The van der Waals surface area contributed by atoms with Crippen LogP contribution in [0.4, 0.5) is 0 Å². The molecule has 14 heavy (non-hydrogen) atoms. The van der Waals surface area contributed by atoms with Crippen LogP contribution in [0.25, 0.3) is 11.0 Å². The molecule has 1 saturated carbocycles. The summed E-state index contributed by atoms with van der Waals surface area (Å²) >= 11 is 0. The number of imidazole rings is 1. The number of hydrogen-bond donors (Lipinski definition) is 1. The number of nitriles is 1. The molecule has 0 aliphatic heterocycles. The second-order valence-corrected chi connectivity index (χ2v) is 3.80. The summed E-state index contributed by atoms with van der Waals surface area (Å²) in [6.45, 7) is 0. The van der Waals surface area contributed by atoms with Gasteiger partial charge in [-0.1, -0.05) is 12.1 Å². The first-order chi connectivity index (χ1) is 6.86. The molecule has 0 radical (unpaired) electrons. The van der Waals surface area contributed by atoms with Crippen LogP contribution >= 0.6 is 0 Å². The van der Waals surface area contributed by atoms with Gasteiger partial charge in [0.25, 0.3) is 0 Å². The minimum absolute atomic E-state index is 0.241. The highest BCUT2D eigenvalue weighted by atomic mass is 14.9. The predicted molar refractivity (Wildman–Crippen MR) is 52.6 cm³/mol. The van der Waals surface area contributed by atoms with Crippen molar-refractivity contribution in [2.45, 2.75) is 18.3 Å². The van der Waals surface area contributed by atoms with Crippen LogP contribution in [0.15, 0.2) is 24.5 Å². The van der Waals surface area contributed by atoms with Crippen LogP contribution < -0.4 is 0 Å². The Labute approximate surface area is 81.4 Å². The third-order valence-corrected chi connectivity index (χ3v) is 2.93. The molecule has 0 unspecified atom stereocenters. The van der Waals surface area contributed by atoms with Gasteiger partial charge in [0.15, 0.2) is 0 Å². The first-order valence-electron chi connectivity index (χ1n) is 4.70. The van der Waals surface area contributed by atoms with Gasteiger partial charge in [0.1, 0.15) is 0 Å². The number of aromatic amines is 1. The van der Waals surface area contributed by atoms with Crippen molar-refractivity contribution in [3.05, 3.63) is 30.1 Å². The summed E-state index contributed by atoms with van der Waals surface area (Å²) in [7, 11) is 0. The summed E-state index contributed by atoms with van der Waals surface area (Å²) in [4.78, 5) is 7.33. The zero-order chi connectivity index (χ0) is 9.60. The van der Waals surface area contributed by atoms with E-state index in [-0.39, 0.29) is 5.41 Å². The maximum Gasteiger partial charge on any atom is 0.0932 e. The quantitative estimate of drug-likeness (QED) is 0.736. The monoisotopic (exact) mass is 183 g/mol. The number of benzene rings is 1. The summed E-state index contributed by atoms with van der Waals surface area (Å²) in [5.74, 6) is 0. The van der Waals surface area contributed by atoms with Gasteiger partial charge in [-0.2, -0.15) is 5.26 Å². The fourth-order valence-electron chi connectivity index (χ4n) is 1.92. The van der Waals surface area contributed by atoms with E-state index in [4.69, 9.17) is 5.26 Å². The van der Waals surface area contributed by atoms with E-state index >= 15 is 0 Å². The van der Waals surface area contributed by atoms with Gasteiger partial charge >= 0.3 is 0 Å². The zero-order valence-electron chi connectivity index (χ0n) is 7.62. The largest absolute Gasteiger partial charge is 0.345 e. The zero-order valence-corrected chi connectivity index (χ0v) is 7.62. The second kappa shape index (κ2) is 2.36. The molecular formula is C11H9N3. The van der Waals surface area contributed by atoms with E-state index in [9.17, 15) is 0 Å². The molecule has 68 valence electrons. The van der Waals surface area contributed by atoms with E-state index in [1.807, 2.05) is 18.2 Å². The molecule has 0 bridgehead atoms. The lowest BCUT2D eigenvalue weighted by molar-refractivity contribution is 0.917. The van der Waals surface area contributed by atoms with E-state index in [0.29, 0.717) is 0 Å². The van der Waals surface area contributed by atoms with Crippen molar-refractivity contribution in [1.82, 2.24) is 9.97 Å². The highest BCUT2D eigenvalue weighted by Crippen LogP contribution is 2.49. The number of fused-ring (bicyclic) bond motifs is 1. The fraction of sp³-hybridized carbons (Fsp3) is 0.273. The number of nitrogens with one attached hydrogen (secondary N) is 1. The van der Waals surface area contributed by atoms with Crippen molar-refractivity contribution in [3.63, 3.8) is 0 Å². The topological polar surface area (TPSA) is 52.5 Å². The maximum absolute atomic E-state index is 9.12. The van der Waals surface area contributed by atoms with Crippen LogP contribution in [0, 0.1) is 11.3 Å². The van der Waals surface area contributed by atoms with Crippen molar-refractivity contribution >= 4 is 11.0 Å². The molecule has 0 saturated heterocycles. The summed E-state index contributed by atoms with van der Waals surface area (Å²) in [6.07, 6.45) is 3.62. The molecule has 0 atom stereocenters. The number of nitrogens with zero attached hydrogens (tertiary/aromatic N) is 2. The maximum atomic E-state index is 9.12. The Morgan fingerprint density at radius 2 is 2.29 bits per heavy atom. The Morgan fingerprint density at radius 3 is 3.00 bits per heavy atom. The average Bonchev–Trinajstić information content (AvgIpc) is 2.87. The Bertz CT molecular complexity index is 529. The van der Waals surface area contributed by atoms with Crippen LogP contribution in [-0.4, -0.2) is 9.97 Å². The lowest BCUT2D eigenvalue weighted by atomic mass is 9.96. The molecule has 3 nitrogen and oxygen atoms in total. The van der Waals surface area contributed by atoms with Gasteiger partial charge < -0.3 is 4.98 Å². The number of aromatic nitrogens is 2. The molecule has 3 rings (SSSR count). The second-order valence-electron chi connectivity index (χ2n) is 3.80. The fourth-order valence-corrected chi connectivity index (χ4v) is 1.92. The lowest BCUT2D eigenvalue weighted by Crippen LogP contribution is -2.02. The normalized spacial score (nSPS) is 17.9. The third-order valence-electron chi connectivity index (χ3n) is 2.93. The molecule has 1 aromatic carbocycles. The van der Waals surface area contributed by atoms with E-state index < -0.39 is 0 Å². The van der Waals surface area contributed by atoms with Crippen molar-refractivity contribution in [2.24, 2.45) is 0 Å². The van der Waals surface area contributed by atoms with E-state index in [1.54, 1.807) is 6.33 Å². The highest BCUT2D eigenvalue weighted by Gasteiger charge is 2.46. The van der Waals surface area contributed by atoms with E-state index in [1.165, 1.54) is 0 Å². The Balaban J connectivity index is 2.32. The van der Waals surface area contributed by atoms with Crippen molar-refractivity contribution in [2.75, 3.05) is 0 Å². The SMILES string of the molecule is N#CC1(c2cccc3[nH]cnc23)CC1. The number of rotatable bonds is 1. The molecular weight excluding hydrogens is 174 g/mol. The molecule has 0 amide bonds.